The summed E-state index contributed by atoms with van der Waals surface area (Å²) < 4.78 is 15.1. The molecule has 0 aliphatic carbocycles. The number of hydrogen-bond acceptors (Lipinski definition) is 4. The van der Waals surface area contributed by atoms with Crippen molar-refractivity contribution in [2.24, 2.45) is 0 Å². The Labute approximate surface area is 212 Å². The van der Waals surface area contributed by atoms with Crippen LogP contribution < -0.4 is 0 Å². The second-order valence-electron chi connectivity index (χ2n) is 8.70. The molecule has 0 N–H and O–H groups in total. The van der Waals surface area contributed by atoms with Crippen molar-refractivity contribution in [1.82, 2.24) is 24.6 Å². The molecule has 0 unspecified atom stereocenters. The number of rotatable bonds is 5. The Morgan fingerprint density at radius 1 is 1.03 bits per heavy atom. The Kier molecular flexibility index (Phi) is 6.73. The molecule has 1 saturated heterocycles. The quantitative estimate of drug-likeness (QED) is 0.369. The van der Waals surface area contributed by atoms with Gasteiger partial charge in [0.15, 0.2) is 5.65 Å². The third kappa shape index (κ3) is 5.03. The molecule has 9 heteroatoms. The van der Waals surface area contributed by atoms with Crippen LogP contribution in [0, 0.1) is 12.7 Å². The van der Waals surface area contributed by atoms with Crippen molar-refractivity contribution < 1.29 is 9.18 Å². The summed E-state index contributed by atoms with van der Waals surface area (Å²) in [7, 11) is 0. The Morgan fingerprint density at radius 2 is 1.77 bits per heavy atom. The van der Waals surface area contributed by atoms with Gasteiger partial charge in [-0.25, -0.2) is 14.1 Å². The summed E-state index contributed by atoms with van der Waals surface area (Å²) in [6.07, 6.45) is 1.70. The summed E-state index contributed by atoms with van der Waals surface area (Å²) in [6.45, 7) is 5.53. The molecule has 1 aliphatic heterocycles. The number of piperazine rings is 1. The highest BCUT2D eigenvalue weighted by molar-refractivity contribution is 6.35. The third-order valence-corrected chi connectivity index (χ3v) is 6.97. The Hall–Kier alpha value is -3.00. The maximum atomic E-state index is 13.4. The van der Waals surface area contributed by atoms with Crippen molar-refractivity contribution in [2.45, 2.75) is 20.0 Å². The van der Waals surface area contributed by atoms with Crippen molar-refractivity contribution in [2.75, 3.05) is 26.2 Å². The monoisotopic (exact) mass is 511 g/mol. The second kappa shape index (κ2) is 9.93. The van der Waals surface area contributed by atoms with Crippen LogP contribution in [0.1, 0.15) is 11.3 Å². The van der Waals surface area contributed by atoms with Crippen LogP contribution in [0.4, 0.5) is 4.39 Å². The van der Waals surface area contributed by atoms with Crippen molar-refractivity contribution in [1.29, 1.82) is 0 Å². The van der Waals surface area contributed by atoms with Gasteiger partial charge in [0.1, 0.15) is 12.4 Å². The molecule has 1 fully saturated rings. The summed E-state index contributed by atoms with van der Waals surface area (Å²) >= 11 is 12.3. The lowest BCUT2D eigenvalue weighted by atomic mass is 10.0. The predicted molar refractivity (Wildman–Crippen MR) is 136 cm³/mol. The lowest BCUT2D eigenvalue weighted by Gasteiger charge is -2.35. The summed E-state index contributed by atoms with van der Waals surface area (Å²) in [5.41, 5.74) is 4.25. The van der Waals surface area contributed by atoms with Crippen LogP contribution in [0.3, 0.4) is 0 Å². The molecule has 5 rings (SSSR count). The van der Waals surface area contributed by atoms with E-state index in [-0.39, 0.29) is 18.3 Å². The molecule has 0 spiro atoms. The van der Waals surface area contributed by atoms with Crippen LogP contribution in [0.5, 0.6) is 0 Å². The number of hydrogen-bond donors (Lipinski definition) is 0. The fourth-order valence-electron chi connectivity index (χ4n) is 4.54. The van der Waals surface area contributed by atoms with E-state index in [0.717, 1.165) is 47.4 Å². The first-order chi connectivity index (χ1) is 16.9. The number of amides is 1. The average Bonchev–Trinajstić information content (AvgIpc) is 3.17. The first kappa shape index (κ1) is 23.7. The molecule has 0 atom stereocenters. The highest BCUT2D eigenvalue weighted by Gasteiger charge is 2.23. The van der Waals surface area contributed by atoms with Crippen molar-refractivity contribution in [3.63, 3.8) is 0 Å². The number of carbonyl (C=O) groups excluding carboxylic acids is 1. The fraction of sp³-hybridized carbons (Fsp3) is 0.269. The lowest BCUT2D eigenvalue weighted by molar-refractivity contribution is -0.133. The zero-order valence-corrected chi connectivity index (χ0v) is 20.7. The molecule has 1 amide bonds. The summed E-state index contributed by atoms with van der Waals surface area (Å²) in [5.74, 6) is -0.277. The molecule has 1 aliphatic rings. The standard InChI is InChI=1S/C26H24Cl2FN5O/c1-17-25-22(18-3-6-21(29)7-4-18)8-9-30-26(25)34(31-17)16-24(35)33-12-10-32(11-13-33)15-19-2-5-20(27)14-23(19)28/h2-9,14H,10-13,15-16H2,1H3. The Balaban J connectivity index is 1.27. The minimum absolute atomic E-state index is 0.00700. The molecule has 3 heterocycles. The zero-order valence-electron chi connectivity index (χ0n) is 19.2. The van der Waals surface area contributed by atoms with Gasteiger partial charge in [0, 0.05) is 54.4 Å². The van der Waals surface area contributed by atoms with E-state index in [2.05, 4.69) is 15.0 Å². The molecule has 2 aromatic carbocycles. The van der Waals surface area contributed by atoms with E-state index in [9.17, 15) is 9.18 Å². The predicted octanol–water partition coefficient (Wildman–Crippen LogP) is 5.20. The van der Waals surface area contributed by atoms with Crippen molar-refractivity contribution in [3.05, 3.63) is 81.8 Å². The van der Waals surface area contributed by atoms with Gasteiger partial charge in [-0.1, -0.05) is 41.4 Å². The summed E-state index contributed by atoms with van der Waals surface area (Å²) in [4.78, 5) is 21.8. The van der Waals surface area contributed by atoms with E-state index in [1.807, 2.05) is 30.0 Å². The maximum absolute atomic E-state index is 13.4. The van der Waals surface area contributed by atoms with E-state index in [1.54, 1.807) is 29.1 Å². The maximum Gasteiger partial charge on any atom is 0.244 e. The van der Waals surface area contributed by atoms with Crippen molar-refractivity contribution in [3.8, 4) is 11.1 Å². The Bertz CT molecular complexity index is 1380. The first-order valence-corrected chi connectivity index (χ1v) is 12.2. The highest BCUT2D eigenvalue weighted by atomic mass is 35.5. The molecule has 4 aromatic rings. The number of pyridine rings is 1. The van der Waals surface area contributed by atoms with Crippen LogP contribution in [-0.2, 0) is 17.9 Å². The Morgan fingerprint density at radius 3 is 2.49 bits per heavy atom. The highest BCUT2D eigenvalue weighted by Crippen LogP contribution is 2.30. The second-order valence-corrected chi connectivity index (χ2v) is 9.54. The van der Waals surface area contributed by atoms with E-state index in [0.29, 0.717) is 28.8 Å². The van der Waals surface area contributed by atoms with Gasteiger partial charge < -0.3 is 4.90 Å². The van der Waals surface area contributed by atoms with E-state index in [4.69, 9.17) is 23.2 Å². The van der Waals surface area contributed by atoms with Crippen LogP contribution >= 0.6 is 23.2 Å². The smallest absolute Gasteiger partial charge is 0.244 e. The molecule has 6 nitrogen and oxygen atoms in total. The lowest BCUT2D eigenvalue weighted by Crippen LogP contribution is -2.49. The molecular weight excluding hydrogens is 488 g/mol. The minimum Gasteiger partial charge on any atom is -0.339 e. The van der Waals surface area contributed by atoms with Gasteiger partial charge in [-0.15, -0.1) is 0 Å². The van der Waals surface area contributed by atoms with Crippen molar-refractivity contribution >= 4 is 40.1 Å². The molecule has 0 bridgehead atoms. The van der Waals surface area contributed by atoms with Gasteiger partial charge in [0.2, 0.25) is 5.91 Å². The van der Waals surface area contributed by atoms with Gasteiger partial charge in [0.25, 0.3) is 0 Å². The molecular formula is C26H24Cl2FN5O. The van der Waals surface area contributed by atoms with E-state index in [1.165, 1.54) is 12.1 Å². The molecule has 0 radical (unpaired) electrons. The number of nitrogens with zero attached hydrogens (tertiary/aromatic N) is 5. The molecule has 2 aromatic heterocycles. The zero-order chi connectivity index (χ0) is 24.5. The van der Waals surface area contributed by atoms with Gasteiger partial charge in [-0.3, -0.25) is 9.69 Å². The number of benzene rings is 2. The number of aryl methyl sites for hydroxylation is 1. The van der Waals surface area contributed by atoms with Gasteiger partial charge in [-0.05, 0) is 53.9 Å². The number of fused-ring (bicyclic) bond motifs is 1. The number of aromatic nitrogens is 3. The van der Waals surface area contributed by atoms with Crippen LogP contribution in [-0.4, -0.2) is 56.7 Å². The van der Waals surface area contributed by atoms with Gasteiger partial charge in [-0.2, -0.15) is 5.10 Å². The average molecular weight is 512 g/mol. The molecule has 35 heavy (non-hydrogen) atoms. The van der Waals surface area contributed by atoms with Gasteiger partial charge in [0.05, 0.1) is 5.69 Å². The molecule has 180 valence electrons. The number of halogens is 3. The van der Waals surface area contributed by atoms with E-state index < -0.39 is 0 Å². The molecule has 0 saturated carbocycles. The first-order valence-electron chi connectivity index (χ1n) is 11.4. The largest absolute Gasteiger partial charge is 0.339 e. The minimum atomic E-state index is -0.284. The normalized spacial score (nSPS) is 14.6. The third-order valence-electron chi connectivity index (χ3n) is 6.38. The topological polar surface area (TPSA) is 54.3 Å². The summed E-state index contributed by atoms with van der Waals surface area (Å²) in [6, 6.07) is 13.8. The van der Waals surface area contributed by atoms with Crippen LogP contribution in [0.2, 0.25) is 10.0 Å². The summed E-state index contributed by atoms with van der Waals surface area (Å²) in [5, 5.41) is 6.76. The van der Waals surface area contributed by atoms with E-state index >= 15 is 0 Å². The van der Waals surface area contributed by atoms with Crippen LogP contribution in [0.15, 0.2) is 54.7 Å². The fourth-order valence-corrected chi connectivity index (χ4v) is 5.00. The van der Waals surface area contributed by atoms with Gasteiger partial charge >= 0.3 is 0 Å². The van der Waals surface area contributed by atoms with Crippen LogP contribution in [0.25, 0.3) is 22.2 Å². The number of carbonyl (C=O) groups is 1. The SMILES string of the molecule is Cc1nn(CC(=O)N2CCN(Cc3ccc(Cl)cc3Cl)CC2)c2nccc(-c3ccc(F)cc3)c12.